The highest BCUT2D eigenvalue weighted by Gasteiger charge is 2.13. The van der Waals surface area contributed by atoms with Gasteiger partial charge >= 0.3 is 0 Å². The lowest BCUT2D eigenvalue weighted by Gasteiger charge is -2.09. The molecule has 0 bridgehead atoms. The summed E-state index contributed by atoms with van der Waals surface area (Å²) in [7, 11) is 0. The van der Waals surface area contributed by atoms with Gasteiger partial charge in [-0.3, -0.25) is 4.79 Å². The van der Waals surface area contributed by atoms with Gasteiger partial charge in [0.25, 0.3) is 0 Å². The lowest BCUT2D eigenvalue weighted by molar-refractivity contribution is 0.101. The summed E-state index contributed by atoms with van der Waals surface area (Å²) in [5, 5.41) is 0. The molecular weight excluding hydrogens is 320 g/mol. The summed E-state index contributed by atoms with van der Waals surface area (Å²) in [6.07, 6.45) is 1.12. The van der Waals surface area contributed by atoms with Crippen LogP contribution < -0.4 is 0 Å². The molecule has 0 aromatic heterocycles. The molecule has 0 N–H and O–H groups in total. The van der Waals surface area contributed by atoms with E-state index >= 15 is 0 Å². The molecule has 0 saturated heterocycles. The van der Waals surface area contributed by atoms with Crippen LogP contribution in [0.1, 0.15) is 42.1 Å². The van der Waals surface area contributed by atoms with E-state index in [0.29, 0.717) is 5.92 Å². The number of rotatable bonds is 4. The van der Waals surface area contributed by atoms with Crippen molar-refractivity contribution in [1.82, 2.24) is 0 Å². The SMILES string of the molecule is CCC(C)c1ccc(C(=O)C(Br)Br)cc1. The van der Waals surface area contributed by atoms with Crippen molar-refractivity contribution in [3.8, 4) is 0 Å². The lowest BCUT2D eigenvalue weighted by Crippen LogP contribution is -2.07. The summed E-state index contributed by atoms with van der Waals surface area (Å²) < 4.78 is -0.292. The number of ketones is 1. The van der Waals surface area contributed by atoms with Gasteiger partial charge in [-0.1, -0.05) is 70.0 Å². The minimum Gasteiger partial charge on any atom is -0.292 e. The van der Waals surface area contributed by atoms with Crippen LogP contribution >= 0.6 is 31.9 Å². The van der Waals surface area contributed by atoms with Crippen LogP contribution in [0, 0.1) is 0 Å². The number of halogens is 2. The summed E-state index contributed by atoms with van der Waals surface area (Å²) in [4.78, 5) is 11.6. The Hall–Kier alpha value is -0.150. The molecule has 0 spiro atoms. The Bertz CT molecular complexity index is 330. The van der Waals surface area contributed by atoms with Gasteiger partial charge in [0.2, 0.25) is 0 Å². The smallest absolute Gasteiger partial charge is 0.187 e. The van der Waals surface area contributed by atoms with Gasteiger partial charge in [0.05, 0.1) is 0 Å². The molecule has 0 heterocycles. The maximum absolute atomic E-state index is 11.6. The summed E-state index contributed by atoms with van der Waals surface area (Å²) in [5.41, 5.74) is 2.02. The monoisotopic (exact) mass is 332 g/mol. The molecule has 0 aliphatic carbocycles. The molecule has 3 heteroatoms. The van der Waals surface area contributed by atoms with Crippen LogP contribution in [-0.2, 0) is 0 Å². The largest absolute Gasteiger partial charge is 0.292 e. The number of carbonyl (C=O) groups is 1. The number of Topliss-reactive ketones (excluding diaryl/α,β-unsaturated/α-hetero) is 1. The first-order valence-corrected chi connectivity index (χ1v) is 6.81. The molecule has 0 amide bonds. The van der Waals surface area contributed by atoms with Crippen molar-refractivity contribution >= 4 is 37.6 Å². The van der Waals surface area contributed by atoms with Crippen molar-refractivity contribution in [2.24, 2.45) is 0 Å². The second-order valence-electron chi connectivity index (χ2n) is 3.60. The molecule has 0 aliphatic rings. The maximum atomic E-state index is 11.6. The van der Waals surface area contributed by atoms with E-state index < -0.39 is 0 Å². The Morgan fingerprint density at radius 2 is 1.80 bits per heavy atom. The number of carbonyl (C=O) groups excluding carboxylic acids is 1. The summed E-state index contributed by atoms with van der Waals surface area (Å²) in [6, 6.07) is 7.84. The van der Waals surface area contributed by atoms with E-state index in [4.69, 9.17) is 0 Å². The molecule has 0 saturated carbocycles. The standard InChI is InChI=1S/C12H14Br2O/c1-3-8(2)9-4-6-10(7-5-9)11(15)12(13)14/h4-8,12H,3H2,1-2H3. The summed E-state index contributed by atoms with van der Waals surface area (Å²) in [6.45, 7) is 4.35. The lowest BCUT2D eigenvalue weighted by atomic mass is 9.97. The van der Waals surface area contributed by atoms with E-state index in [2.05, 4.69) is 45.7 Å². The van der Waals surface area contributed by atoms with Gasteiger partial charge in [-0.15, -0.1) is 0 Å². The average molecular weight is 334 g/mol. The van der Waals surface area contributed by atoms with Crippen molar-refractivity contribution in [2.75, 3.05) is 0 Å². The highest BCUT2D eigenvalue weighted by molar-refractivity contribution is 9.25. The first-order chi connectivity index (χ1) is 7.06. The fourth-order valence-corrected chi connectivity index (χ4v) is 1.87. The van der Waals surface area contributed by atoms with Gasteiger partial charge in [-0.2, -0.15) is 0 Å². The molecule has 1 unspecified atom stereocenters. The molecule has 1 nitrogen and oxygen atoms in total. The zero-order valence-electron chi connectivity index (χ0n) is 8.84. The van der Waals surface area contributed by atoms with Crippen molar-refractivity contribution in [3.63, 3.8) is 0 Å². The minimum atomic E-state index is -0.292. The van der Waals surface area contributed by atoms with E-state index in [0.717, 1.165) is 12.0 Å². The number of hydrogen-bond acceptors (Lipinski definition) is 1. The maximum Gasteiger partial charge on any atom is 0.187 e. The van der Waals surface area contributed by atoms with E-state index in [1.807, 2.05) is 24.3 Å². The van der Waals surface area contributed by atoms with Crippen LogP contribution in [0.2, 0.25) is 0 Å². The molecule has 0 radical (unpaired) electrons. The van der Waals surface area contributed by atoms with Crippen molar-refractivity contribution < 1.29 is 4.79 Å². The summed E-state index contributed by atoms with van der Waals surface area (Å²) >= 11 is 6.41. The quantitative estimate of drug-likeness (QED) is 0.585. The highest BCUT2D eigenvalue weighted by Crippen LogP contribution is 2.21. The average Bonchev–Trinajstić information content (AvgIpc) is 2.27. The predicted octanol–water partition coefficient (Wildman–Crippen LogP) is 4.50. The zero-order valence-corrected chi connectivity index (χ0v) is 12.0. The van der Waals surface area contributed by atoms with E-state index in [9.17, 15) is 4.79 Å². The second kappa shape index (κ2) is 5.80. The van der Waals surface area contributed by atoms with Crippen LogP contribution in [0.15, 0.2) is 24.3 Å². The topological polar surface area (TPSA) is 17.1 Å². The third-order valence-corrected chi connectivity index (χ3v) is 3.41. The summed E-state index contributed by atoms with van der Waals surface area (Å²) in [5.74, 6) is 0.614. The van der Waals surface area contributed by atoms with Crippen LogP contribution in [0.25, 0.3) is 0 Å². The number of hydrogen-bond donors (Lipinski definition) is 0. The van der Waals surface area contributed by atoms with E-state index in [-0.39, 0.29) is 9.52 Å². The van der Waals surface area contributed by atoms with Gasteiger partial charge in [0, 0.05) is 5.56 Å². The predicted molar refractivity (Wildman–Crippen MR) is 71.1 cm³/mol. The Balaban J connectivity index is 2.85. The van der Waals surface area contributed by atoms with Crippen LogP contribution in [-0.4, -0.2) is 9.52 Å². The Labute approximate surface area is 108 Å². The molecular formula is C12H14Br2O. The fourth-order valence-electron chi connectivity index (χ4n) is 1.34. The van der Waals surface area contributed by atoms with E-state index in [1.165, 1.54) is 5.56 Å². The highest BCUT2D eigenvalue weighted by atomic mass is 79.9. The molecule has 0 fully saturated rings. The molecule has 0 aliphatic heterocycles. The van der Waals surface area contributed by atoms with Gasteiger partial charge in [-0.05, 0) is 17.9 Å². The zero-order chi connectivity index (χ0) is 11.4. The minimum absolute atomic E-state index is 0.0608. The third-order valence-electron chi connectivity index (χ3n) is 2.57. The molecule has 15 heavy (non-hydrogen) atoms. The van der Waals surface area contributed by atoms with Gasteiger partial charge in [-0.25, -0.2) is 0 Å². The number of alkyl halides is 2. The number of benzene rings is 1. The first-order valence-electron chi connectivity index (χ1n) is 4.98. The van der Waals surface area contributed by atoms with Crippen LogP contribution in [0.3, 0.4) is 0 Å². The Morgan fingerprint density at radius 1 is 1.27 bits per heavy atom. The van der Waals surface area contributed by atoms with Crippen LogP contribution in [0.5, 0.6) is 0 Å². The van der Waals surface area contributed by atoms with Gasteiger partial charge in [0.1, 0.15) is 3.74 Å². The fraction of sp³-hybridized carbons (Fsp3) is 0.417. The molecule has 1 aromatic rings. The molecule has 82 valence electrons. The molecule has 1 atom stereocenters. The first kappa shape index (κ1) is 12.9. The Kier molecular flexibility index (Phi) is 5.00. The molecule has 1 rings (SSSR count). The van der Waals surface area contributed by atoms with Gasteiger partial charge < -0.3 is 0 Å². The molecule has 1 aromatic carbocycles. The van der Waals surface area contributed by atoms with Crippen molar-refractivity contribution in [1.29, 1.82) is 0 Å². The van der Waals surface area contributed by atoms with Gasteiger partial charge in [0.15, 0.2) is 5.78 Å². The Morgan fingerprint density at radius 3 is 2.20 bits per heavy atom. The second-order valence-corrected chi connectivity index (χ2v) is 6.66. The normalized spacial score (nSPS) is 12.9. The third kappa shape index (κ3) is 3.42. The van der Waals surface area contributed by atoms with Crippen molar-refractivity contribution in [3.05, 3.63) is 35.4 Å². The van der Waals surface area contributed by atoms with Crippen LogP contribution in [0.4, 0.5) is 0 Å². The van der Waals surface area contributed by atoms with E-state index in [1.54, 1.807) is 0 Å². The van der Waals surface area contributed by atoms with Crippen molar-refractivity contribution in [2.45, 2.75) is 29.9 Å².